The lowest BCUT2D eigenvalue weighted by molar-refractivity contribution is 1.23. The third kappa shape index (κ3) is 3.92. The molecule has 0 amide bonds. The number of benzene rings is 3. The standard InChI is InChI=1S/C23H16N6S/c1-3-9-16(10-4-1)21(29-28-17-11-5-2-6-12-17)27-23-26-20(15-30-23)22-24-18-13-7-8-14-19(18)25-22/h1-15H,(H,24,25)/b27-21-,29-28?. The highest BCUT2D eigenvalue weighted by molar-refractivity contribution is 7.13. The Morgan fingerprint density at radius 3 is 2.33 bits per heavy atom. The minimum atomic E-state index is 0.505. The number of aromatic amines is 1. The van der Waals surface area contributed by atoms with E-state index in [-0.39, 0.29) is 0 Å². The maximum atomic E-state index is 4.67. The molecule has 5 aromatic rings. The van der Waals surface area contributed by atoms with Crippen LogP contribution in [0.15, 0.2) is 106 Å². The number of aliphatic imine (C=N–C) groups is 1. The van der Waals surface area contributed by atoms with Gasteiger partial charge in [-0.2, -0.15) is 4.99 Å². The zero-order valence-electron chi connectivity index (χ0n) is 15.8. The Bertz CT molecular complexity index is 1300. The van der Waals surface area contributed by atoms with Crippen molar-refractivity contribution in [1.82, 2.24) is 15.0 Å². The van der Waals surface area contributed by atoms with Crippen molar-refractivity contribution in [3.8, 4) is 11.5 Å². The van der Waals surface area contributed by atoms with Gasteiger partial charge in [-0.3, -0.25) is 0 Å². The maximum Gasteiger partial charge on any atom is 0.211 e. The van der Waals surface area contributed by atoms with Crippen LogP contribution in [0.5, 0.6) is 0 Å². The molecule has 0 radical (unpaired) electrons. The second-order valence-corrected chi connectivity index (χ2v) is 7.29. The third-order valence-electron chi connectivity index (χ3n) is 4.37. The van der Waals surface area contributed by atoms with Gasteiger partial charge in [-0.1, -0.05) is 60.7 Å². The van der Waals surface area contributed by atoms with Crippen LogP contribution in [-0.2, 0) is 0 Å². The smallest absolute Gasteiger partial charge is 0.211 e. The molecule has 2 aromatic heterocycles. The molecule has 0 bridgehead atoms. The molecule has 0 fully saturated rings. The summed E-state index contributed by atoms with van der Waals surface area (Å²) in [6.45, 7) is 0. The van der Waals surface area contributed by atoms with Crippen molar-refractivity contribution in [2.45, 2.75) is 0 Å². The number of imidazole rings is 1. The summed E-state index contributed by atoms with van der Waals surface area (Å²) >= 11 is 1.44. The highest BCUT2D eigenvalue weighted by Gasteiger charge is 2.10. The Kier molecular flexibility index (Phi) is 4.93. The van der Waals surface area contributed by atoms with Crippen molar-refractivity contribution in [1.29, 1.82) is 0 Å². The number of para-hydroxylation sites is 2. The molecule has 0 saturated carbocycles. The van der Waals surface area contributed by atoms with E-state index in [4.69, 9.17) is 0 Å². The zero-order valence-corrected chi connectivity index (χ0v) is 16.6. The van der Waals surface area contributed by atoms with Gasteiger partial charge in [0.2, 0.25) is 5.13 Å². The molecule has 30 heavy (non-hydrogen) atoms. The van der Waals surface area contributed by atoms with Crippen LogP contribution in [-0.4, -0.2) is 20.8 Å². The van der Waals surface area contributed by atoms with Crippen molar-refractivity contribution in [2.24, 2.45) is 15.2 Å². The molecule has 0 unspecified atom stereocenters. The first-order chi connectivity index (χ1) is 14.8. The van der Waals surface area contributed by atoms with E-state index in [0.717, 1.165) is 33.8 Å². The first-order valence-corrected chi connectivity index (χ1v) is 10.2. The number of H-pyrrole nitrogens is 1. The molecule has 2 heterocycles. The molecule has 0 spiro atoms. The number of amidine groups is 1. The van der Waals surface area contributed by atoms with E-state index in [0.29, 0.717) is 11.0 Å². The molecule has 0 atom stereocenters. The van der Waals surface area contributed by atoms with E-state index in [9.17, 15) is 0 Å². The number of fused-ring (bicyclic) bond motifs is 1. The van der Waals surface area contributed by atoms with E-state index in [1.807, 2.05) is 90.3 Å². The monoisotopic (exact) mass is 408 g/mol. The number of rotatable bonds is 4. The SMILES string of the molecule is c1ccc(N=N/C(=N\c2nc(-c3nc4ccccc4[nH]3)cs2)c2ccccc2)cc1. The lowest BCUT2D eigenvalue weighted by Gasteiger charge is -1.99. The largest absolute Gasteiger partial charge is 0.337 e. The minimum absolute atomic E-state index is 0.505. The summed E-state index contributed by atoms with van der Waals surface area (Å²) in [7, 11) is 0. The second kappa shape index (κ2) is 8.18. The number of nitrogens with zero attached hydrogens (tertiary/aromatic N) is 5. The summed E-state index contributed by atoms with van der Waals surface area (Å²) < 4.78 is 0. The van der Waals surface area contributed by atoms with E-state index < -0.39 is 0 Å². The molecule has 0 aliphatic heterocycles. The number of hydrogen-bond acceptors (Lipinski definition) is 5. The predicted octanol–water partition coefficient (Wildman–Crippen LogP) is 6.55. The van der Waals surface area contributed by atoms with Crippen LogP contribution < -0.4 is 0 Å². The summed E-state index contributed by atoms with van der Waals surface area (Å²) in [5, 5.41) is 11.3. The quantitative estimate of drug-likeness (QED) is 0.208. The fraction of sp³-hybridized carbons (Fsp3) is 0. The Balaban J connectivity index is 1.50. The average molecular weight is 408 g/mol. The van der Waals surface area contributed by atoms with E-state index in [1.165, 1.54) is 11.3 Å². The van der Waals surface area contributed by atoms with Crippen LogP contribution in [0.1, 0.15) is 5.56 Å². The highest BCUT2D eigenvalue weighted by Crippen LogP contribution is 2.27. The van der Waals surface area contributed by atoms with E-state index in [1.54, 1.807) is 0 Å². The molecule has 0 aliphatic carbocycles. The molecule has 7 heteroatoms. The van der Waals surface area contributed by atoms with Gasteiger partial charge in [-0.15, -0.1) is 21.6 Å². The van der Waals surface area contributed by atoms with Gasteiger partial charge < -0.3 is 4.98 Å². The Morgan fingerprint density at radius 1 is 0.800 bits per heavy atom. The van der Waals surface area contributed by atoms with E-state index in [2.05, 4.69) is 30.2 Å². The highest BCUT2D eigenvalue weighted by atomic mass is 32.1. The summed E-state index contributed by atoms with van der Waals surface area (Å²) in [6.07, 6.45) is 0. The average Bonchev–Trinajstić information content (AvgIpc) is 3.45. The number of azo groups is 1. The summed E-state index contributed by atoms with van der Waals surface area (Å²) in [5.74, 6) is 1.23. The van der Waals surface area contributed by atoms with Gasteiger partial charge in [0, 0.05) is 10.9 Å². The van der Waals surface area contributed by atoms with Gasteiger partial charge in [0.1, 0.15) is 5.69 Å². The number of nitrogens with one attached hydrogen (secondary N) is 1. The van der Waals surface area contributed by atoms with Crippen LogP contribution in [0.3, 0.4) is 0 Å². The van der Waals surface area contributed by atoms with Crippen LogP contribution in [0.2, 0.25) is 0 Å². The fourth-order valence-electron chi connectivity index (χ4n) is 2.92. The lowest BCUT2D eigenvalue weighted by Crippen LogP contribution is -1.95. The number of hydrogen-bond donors (Lipinski definition) is 1. The molecule has 3 aromatic carbocycles. The summed E-state index contributed by atoms with van der Waals surface area (Å²) in [5.41, 5.74) is 4.28. The van der Waals surface area contributed by atoms with Gasteiger partial charge in [-0.25, -0.2) is 9.97 Å². The van der Waals surface area contributed by atoms with Crippen LogP contribution in [0.25, 0.3) is 22.6 Å². The molecule has 6 nitrogen and oxygen atoms in total. The molecular formula is C23H16N6S. The van der Waals surface area contributed by atoms with Gasteiger partial charge in [0.15, 0.2) is 11.7 Å². The number of thiazole rings is 1. The van der Waals surface area contributed by atoms with Crippen LogP contribution in [0, 0.1) is 0 Å². The molecule has 5 rings (SSSR count). The molecule has 144 valence electrons. The lowest BCUT2D eigenvalue weighted by atomic mass is 10.2. The van der Waals surface area contributed by atoms with Gasteiger partial charge in [0.05, 0.1) is 16.7 Å². The third-order valence-corrected chi connectivity index (χ3v) is 5.11. The zero-order chi connectivity index (χ0) is 20.2. The number of aromatic nitrogens is 3. The maximum absolute atomic E-state index is 4.67. The first-order valence-electron chi connectivity index (χ1n) is 9.37. The van der Waals surface area contributed by atoms with Crippen LogP contribution in [0.4, 0.5) is 10.8 Å². The molecular weight excluding hydrogens is 392 g/mol. The topological polar surface area (TPSA) is 78.7 Å². The Labute approximate surface area is 176 Å². The Hall–Kier alpha value is -3.97. The summed E-state index contributed by atoms with van der Waals surface area (Å²) in [4.78, 5) is 17.2. The van der Waals surface area contributed by atoms with Crippen molar-refractivity contribution < 1.29 is 0 Å². The van der Waals surface area contributed by atoms with E-state index >= 15 is 0 Å². The normalized spacial score (nSPS) is 12.1. The first kappa shape index (κ1) is 18.1. The van der Waals surface area contributed by atoms with Crippen LogP contribution >= 0.6 is 11.3 Å². The molecule has 0 saturated heterocycles. The van der Waals surface area contributed by atoms with Crippen molar-refractivity contribution in [3.63, 3.8) is 0 Å². The van der Waals surface area contributed by atoms with Gasteiger partial charge in [0.25, 0.3) is 0 Å². The molecule has 1 N–H and O–H groups in total. The Morgan fingerprint density at radius 2 is 1.53 bits per heavy atom. The van der Waals surface area contributed by atoms with Crippen molar-refractivity contribution >= 4 is 39.0 Å². The molecule has 0 aliphatic rings. The second-order valence-electron chi connectivity index (χ2n) is 6.45. The van der Waals surface area contributed by atoms with Crippen molar-refractivity contribution in [2.75, 3.05) is 0 Å². The van der Waals surface area contributed by atoms with Crippen molar-refractivity contribution in [3.05, 3.63) is 95.9 Å². The van der Waals surface area contributed by atoms with Gasteiger partial charge >= 0.3 is 0 Å². The summed E-state index contributed by atoms with van der Waals surface area (Å²) in [6, 6.07) is 27.3. The van der Waals surface area contributed by atoms with Gasteiger partial charge in [-0.05, 0) is 24.3 Å². The predicted molar refractivity (Wildman–Crippen MR) is 121 cm³/mol. The minimum Gasteiger partial charge on any atom is -0.337 e. The fourth-order valence-corrected chi connectivity index (χ4v) is 3.59.